The minimum absolute atomic E-state index is 0.166. The monoisotopic (exact) mass is 246 g/mol. The topological polar surface area (TPSA) is 32.3 Å². The Bertz CT molecular complexity index is 423. The van der Waals surface area contributed by atoms with E-state index < -0.39 is 0 Å². The lowest BCUT2D eigenvalue weighted by atomic mass is 10.1. The van der Waals surface area contributed by atoms with Crippen LogP contribution in [0.1, 0.15) is 26.3 Å². The number of hydrogen-bond donors (Lipinski definition) is 1. The number of anilines is 2. The number of carbonyl (C=O) groups excluding carboxylic acids is 1. The maximum Gasteiger partial charge on any atom is 0.247 e. The van der Waals surface area contributed by atoms with Crippen LogP contribution < -0.4 is 10.2 Å². The minimum atomic E-state index is -0.166. The third kappa shape index (κ3) is 3.36. The molecule has 0 bridgehead atoms. The molecular weight excluding hydrogens is 224 g/mol. The molecule has 0 saturated heterocycles. The molecule has 0 heterocycles. The van der Waals surface area contributed by atoms with Gasteiger partial charge in [0.15, 0.2) is 0 Å². The van der Waals surface area contributed by atoms with E-state index >= 15 is 0 Å². The smallest absolute Gasteiger partial charge is 0.247 e. The fraction of sp³-hybridized carbons (Fsp3) is 0.400. The van der Waals surface area contributed by atoms with Crippen LogP contribution in [0, 0.1) is 0 Å². The molecule has 0 aromatic heterocycles. The van der Waals surface area contributed by atoms with E-state index in [4.69, 9.17) is 0 Å². The van der Waals surface area contributed by atoms with E-state index in [9.17, 15) is 4.79 Å². The van der Waals surface area contributed by atoms with Gasteiger partial charge in [-0.3, -0.25) is 4.79 Å². The molecule has 0 aliphatic carbocycles. The fourth-order valence-electron chi connectivity index (χ4n) is 1.96. The molecule has 0 spiro atoms. The predicted octanol–water partition coefficient (Wildman–Crippen LogP) is 3.22. The number of nitrogens with one attached hydrogen (secondary N) is 1. The second-order valence-corrected chi connectivity index (χ2v) is 4.06. The van der Waals surface area contributed by atoms with Crippen molar-refractivity contribution in [2.24, 2.45) is 0 Å². The lowest BCUT2D eigenvalue weighted by Crippen LogP contribution is -2.22. The molecule has 1 aromatic rings. The van der Waals surface area contributed by atoms with Gasteiger partial charge in [0.1, 0.15) is 0 Å². The Kier molecular flexibility index (Phi) is 5.43. The summed E-state index contributed by atoms with van der Waals surface area (Å²) < 4.78 is 0. The van der Waals surface area contributed by atoms with Crippen molar-refractivity contribution < 1.29 is 4.79 Å². The quantitative estimate of drug-likeness (QED) is 0.782. The van der Waals surface area contributed by atoms with Crippen LogP contribution in [0.5, 0.6) is 0 Å². The summed E-state index contributed by atoms with van der Waals surface area (Å²) in [6.45, 7) is 11.8. The molecule has 0 aliphatic heterocycles. The SMILES string of the molecule is C=CC(=O)Nc1ccc(N(CC)CC)cc1CC. The van der Waals surface area contributed by atoms with Gasteiger partial charge in [0, 0.05) is 24.5 Å². The van der Waals surface area contributed by atoms with E-state index in [0.29, 0.717) is 0 Å². The fourth-order valence-corrected chi connectivity index (χ4v) is 1.96. The van der Waals surface area contributed by atoms with Crippen molar-refractivity contribution in [3.05, 3.63) is 36.4 Å². The molecule has 0 unspecified atom stereocenters. The predicted molar refractivity (Wildman–Crippen MR) is 78.2 cm³/mol. The zero-order chi connectivity index (χ0) is 13.5. The van der Waals surface area contributed by atoms with Crippen LogP contribution in [0.4, 0.5) is 11.4 Å². The number of aryl methyl sites for hydroxylation is 1. The van der Waals surface area contributed by atoms with Gasteiger partial charge < -0.3 is 10.2 Å². The summed E-state index contributed by atoms with van der Waals surface area (Å²) in [6.07, 6.45) is 2.18. The molecule has 0 atom stereocenters. The van der Waals surface area contributed by atoms with Crippen molar-refractivity contribution in [1.82, 2.24) is 0 Å². The van der Waals surface area contributed by atoms with Gasteiger partial charge in [0.2, 0.25) is 5.91 Å². The number of carbonyl (C=O) groups is 1. The molecule has 1 rings (SSSR count). The van der Waals surface area contributed by atoms with Gasteiger partial charge in [-0.15, -0.1) is 0 Å². The normalized spacial score (nSPS) is 9.94. The van der Waals surface area contributed by atoms with E-state index in [1.807, 2.05) is 12.1 Å². The summed E-state index contributed by atoms with van der Waals surface area (Å²) in [6, 6.07) is 6.16. The van der Waals surface area contributed by atoms with Crippen molar-refractivity contribution >= 4 is 17.3 Å². The van der Waals surface area contributed by atoms with Crippen LogP contribution in [-0.4, -0.2) is 19.0 Å². The average molecular weight is 246 g/mol. The second kappa shape index (κ2) is 6.84. The second-order valence-electron chi connectivity index (χ2n) is 4.06. The molecule has 3 nitrogen and oxygen atoms in total. The Morgan fingerprint density at radius 2 is 2.00 bits per heavy atom. The van der Waals surface area contributed by atoms with Crippen molar-refractivity contribution in [3.8, 4) is 0 Å². The first kappa shape index (κ1) is 14.3. The Morgan fingerprint density at radius 1 is 1.33 bits per heavy atom. The molecule has 0 radical (unpaired) electrons. The Labute approximate surface area is 109 Å². The molecule has 98 valence electrons. The van der Waals surface area contributed by atoms with Crippen LogP contribution in [-0.2, 0) is 11.2 Å². The molecule has 0 aliphatic rings. The minimum Gasteiger partial charge on any atom is -0.372 e. The maximum atomic E-state index is 11.3. The summed E-state index contributed by atoms with van der Waals surface area (Å²) in [5.41, 5.74) is 3.22. The van der Waals surface area contributed by atoms with Crippen LogP contribution >= 0.6 is 0 Å². The number of rotatable bonds is 6. The highest BCUT2D eigenvalue weighted by molar-refractivity contribution is 5.99. The molecule has 1 N–H and O–H groups in total. The van der Waals surface area contributed by atoms with Crippen LogP contribution in [0.2, 0.25) is 0 Å². The third-order valence-electron chi connectivity index (χ3n) is 3.04. The zero-order valence-electron chi connectivity index (χ0n) is 11.5. The van der Waals surface area contributed by atoms with E-state index in [1.165, 1.54) is 11.8 Å². The van der Waals surface area contributed by atoms with Gasteiger partial charge in [0.25, 0.3) is 0 Å². The molecule has 3 heteroatoms. The molecule has 1 amide bonds. The van der Waals surface area contributed by atoms with Crippen molar-refractivity contribution in [3.63, 3.8) is 0 Å². The summed E-state index contributed by atoms with van der Waals surface area (Å²) >= 11 is 0. The number of benzene rings is 1. The summed E-state index contributed by atoms with van der Waals surface area (Å²) in [7, 11) is 0. The van der Waals surface area contributed by atoms with Crippen molar-refractivity contribution in [2.45, 2.75) is 27.2 Å². The Balaban J connectivity index is 3.02. The summed E-state index contributed by atoms with van der Waals surface area (Å²) in [4.78, 5) is 13.6. The standard InChI is InChI=1S/C15H22N2O/c1-5-12-11-13(17(7-3)8-4)9-10-14(12)16-15(18)6-2/h6,9-11H,2,5,7-8H2,1,3-4H3,(H,16,18). The van der Waals surface area contributed by atoms with Gasteiger partial charge in [-0.2, -0.15) is 0 Å². The third-order valence-corrected chi connectivity index (χ3v) is 3.04. The van der Waals surface area contributed by atoms with Gasteiger partial charge in [-0.05, 0) is 50.1 Å². The zero-order valence-corrected chi connectivity index (χ0v) is 11.5. The Morgan fingerprint density at radius 3 is 2.50 bits per heavy atom. The lowest BCUT2D eigenvalue weighted by Gasteiger charge is -2.22. The van der Waals surface area contributed by atoms with Crippen LogP contribution in [0.3, 0.4) is 0 Å². The molecule has 0 saturated carbocycles. The lowest BCUT2D eigenvalue weighted by molar-refractivity contribution is -0.111. The first-order valence-electron chi connectivity index (χ1n) is 6.47. The van der Waals surface area contributed by atoms with Crippen LogP contribution in [0.15, 0.2) is 30.9 Å². The first-order valence-corrected chi connectivity index (χ1v) is 6.47. The highest BCUT2D eigenvalue weighted by Crippen LogP contribution is 2.23. The molecule has 0 fully saturated rings. The van der Waals surface area contributed by atoms with E-state index in [-0.39, 0.29) is 5.91 Å². The van der Waals surface area contributed by atoms with Gasteiger partial charge in [0.05, 0.1) is 0 Å². The number of hydrogen-bond acceptors (Lipinski definition) is 2. The molecule has 18 heavy (non-hydrogen) atoms. The molecular formula is C15H22N2O. The number of nitrogens with zero attached hydrogens (tertiary/aromatic N) is 1. The van der Waals surface area contributed by atoms with Gasteiger partial charge in [-0.25, -0.2) is 0 Å². The van der Waals surface area contributed by atoms with E-state index in [2.05, 4.69) is 43.6 Å². The maximum absolute atomic E-state index is 11.3. The largest absolute Gasteiger partial charge is 0.372 e. The van der Waals surface area contributed by atoms with Gasteiger partial charge in [-0.1, -0.05) is 13.5 Å². The molecule has 1 aromatic carbocycles. The van der Waals surface area contributed by atoms with Crippen molar-refractivity contribution in [1.29, 1.82) is 0 Å². The van der Waals surface area contributed by atoms with Gasteiger partial charge >= 0.3 is 0 Å². The Hall–Kier alpha value is -1.77. The van der Waals surface area contributed by atoms with Crippen molar-refractivity contribution in [2.75, 3.05) is 23.3 Å². The van der Waals surface area contributed by atoms with E-state index in [0.717, 1.165) is 30.8 Å². The first-order chi connectivity index (χ1) is 8.65. The highest BCUT2D eigenvalue weighted by atomic mass is 16.1. The van der Waals surface area contributed by atoms with E-state index in [1.54, 1.807) is 0 Å². The summed E-state index contributed by atoms with van der Waals surface area (Å²) in [5, 5.41) is 2.84. The highest BCUT2D eigenvalue weighted by Gasteiger charge is 2.07. The number of amides is 1. The summed E-state index contributed by atoms with van der Waals surface area (Å²) in [5.74, 6) is -0.166. The van der Waals surface area contributed by atoms with Crippen LogP contribution in [0.25, 0.3) is 0 Å². The average Bonchev–Trinajstić information content (AvgIpc) is 2.41.